The van der Waals surface area contributed by atoms with Crippen molar-refractivity contribution < 1.29 is 2.74 Å². The number of fused-ring (bicyclic) bond motifs is 7. The Balaban J connectivity index is 1.16. The third-order valence-corrected chi connectivity index (χ3v) is 11.5. The summed E-state index contributed by atoms with van der Waals surface area (Å²) in [6.45, 7) is 6.66. The molecule has 0 atom stereocenters. The van der Waals surface area contributed by atoms with Gasteiger partial charge < -0.3 is 4.98 Å². The van der Waals surface area contributed by atoms with Gasteiger partial charge in [-0.1, -0.05) is 130 Å². The maximum atomic E-state index is 9.24. The summed E-state index contributed by atoms with van der Waals surface area (Å²) in [5.74, 6) is 1.68. The van der Waals surface area contributed by atoms with Crippen LogP contribution < -0.4 is 0 Å². The Labute approximate surface area is 339 Å². The summed E-state index contributed by atoms with van der Waals surface area (Å²) in [5, 5.41) is 4.34. The maximum Gasteiger partial charge on any atom is 0.147 e. The van der Waals surface area contributed by atoms with Crippen molar-refractivity contribution in [3.63, 3.8) is 0 Å². The van der Waals surface area contributed by atoms with Gasteiger partial charge in [-0.25, -0.2) is 9.97 Å². The first-order chi connectivity index (χ1) is 29.1. The lowest BCUT2D eigenvalue weighted by Gasteiger charge is -2.20. The number of aromatic amines is 1. The molecule has 0 aliphatic rings. The number of aromatic nitrogens is 5. The van der Waals surface area contributed by atoms with Crippen LogP contribution in [0.5, 0.6) is 0 Å². The summed E-state index contributed by atoms with van der Waals surface area (Å²) >= 11 is 0. The van der Waals surface area contributed by atoms with E-state index in [0.29, 0.717) is 11.1 Å². The molecular formula is C53H41N5. The highest BCUT2D eigenvalue weighted by molar-refractivity contribution is 6.13. The molecule has 0 aliphatic carbocycles. The van der Waals surface area contributed by atoms with Crippen LogP contribution in [0.2, 0.25) is 0 Å². The molecule has 5 heteroatoms. The van der Waals surface area contributed by atoms with E-state index in [-0.39, 0.29) is 5.41 Å². The Bertz CT molecular complexity index is 3440. The fraction of sp³-hybridized carbons (Fsp3) is 0.0943. The van der Waals surface area contributed by atoms with Gasteiger partial charge in [0.2, 0.25) is 0 Å². The van der Waals surface area contributed by atoms with Gasteiger partial charge in [0.05, 0.1) is 27.6 Å². The van der Waals surface area contributed by atoms with Gasteiger partial charge in [0.15, 0.2) is 0 Å². The van der Waals surface area contributed by atoms with Crippen molar-refractivity contribution in [3.05, 3.63) is 193 Å². The highest BCUT2D eigenvalue weighted by Gasteiger charge is 2.22. The van der Waals surface area contributed by atoms with Crippen molar-refractivity contribution in [2.45, 2.75) is 32.6 Å². The zero-order valence-corrected chi connectivity index (χ0v) is 32.5. The van der Waals surface area contributed by atoms with E-state index in [0.717, 1.165) is 83.3 Å². The Hall–Kier alpha value is -7.24. The van der Waals surface area contributed by atoms with E-state index in [1.54, 1.807) is 0 Å². The van der Waals surface area contributed by atoms with E-state index >= 15 is 0 Å². The fourth-order valence-electron chi connectivity index (χ4n) is 8.62. The molecule has 0 bridgehead atoms. The lowest BCUT2D eigenvalue weighted by atomic mass is 9.88. The zero-order valence-electron chi connectivity index (χ0n) is 34.5. The standard InChI is InChI=1S/C53H41N5/c1-53(2,3)37-28-29-54-49(33-37)58-46-27-24-35(30-34-14-6-4-7-15-34)31-44(46)41-26-25-36(32-48(41)58)39-19-13-23-47-51(39)56-52(57(47)38-16-8-5-9-17-38)43-21-12-20-42-40-18-10-11-22-45(40)55-50(42)43/h4-29,31-33,55H,30H2,1-3H3/i30D2. The minimum atomic E-state index is -1.68. The molecule has 0 saturated heterocycles. The molecule has 5 nitrogen and oxygen atoms in total. The summed E-state index contributed by atoms with van der Waals surface area (Å²) in [6, 6.07) is 58.1. The first kappa shape index (κ1) is 31.9. The molecular weight excluding hydrogens is 707 g/mol. The second kappa shape index (κ2) is 13.2. The van der Waals surface area contributed by atoms with Gasteiger partial charge in [0, 0.05) is 52.8 Å². The first-order valence-electron chi connectivity index (χ1n) is 20.8. The van der Waals surface area contributed by atoms with Crippen LogP contribution in [0.4, 0.5) is 0 Å². The molecule has 58 heavy (non-hydrogen) atoms. The average molecular weight is 750 g/mol. The van der Waals surface area contributed by atoms with Crippen LogP contribution >= 0.6 is 0 Å². The monoisotopic (exact) mass is 749 g/mol. The third kappa shape index (κ3) is 5.53. The predicted octanol–water partition coefficient (Wildman–Crippen LogP) is 13.4. The molecule has 278 valence electrons. The van der Waals surface area contributed by atoms with Gasteiger partial charge in [-0.2, -0.15) is 0 Å². The lowest BCUT2D eigenvalue weighted by molar-refractivity contribution is 0.588. The first-order valence-corrected chi connectivity index (χ1v) is 19.8. The number of para-hydroxylation sites is 4. The van der Waals surface area contributed by atoms with Crippen molar-refractivity contribution in [1.29, 1.82) is 0 Å². The summed E-state index contributed by atoms with van der Waals surface area (Å²) in [6.07, 6.45) is 0.211. The molecule has 0 amide bonds. The number of hydrogen-bond acceptors (Lipinski definition) is 2. The van der Waals surface area contributed by atoms with Crippen LogP contribution in [0.3, 0.4) is 0 Å². The number of imidazole rings is 1. The highest BCUT2D eigenvalue weighted by Crippen LogP contribution is 2.41. The van der Waals surface area contributed by atoms with Crippen LogP contribution in [-0.4, -0.2) is 24.1 Å². The molecule has 0 unspecified atom stereocenters. The third-order valence-electron chi connectivity index (χ3n) is 11.5. The Morgan fingerprint density at radius 3 is 2.17 bits per heavy atom. The van der Waals surface area contributed by atoms with Crippen LogP contribution in [0.25, 0.3) is 88.7 Å². The maximum absolute atomic E-state index is 9.24. The molecule has 11 rings (SSSR count). The van der Waals surface area contributed by atoms with E-state index in [1.807, 2.05) is 54.7 Å². The quantitative estimate of drug-likeness (QED) is 0.184. The summed E-state index contributed by atoms with van der Waals surface area (Å²) in [4.78, 5) is 14.2. The van der Waals surface area contributed by atoms with Gasteiger partial charge in [-0.05, 0) is 94.7 Å². The van der Waals surface area contributed by atoms with Gasteiger partial charge in [0.1, 0.15) is 11.6 Å². The molecule has 4 heterocycles. The van der Waals surface area contributed by atoms with Crippen LogP contribution in [0, 0.1) is 0 Å². The topological polar surface area (TPSA) is 51.4 Å². The van der Waals surface area contributed by atoms with Crippen molar-refractivity contribution in [1.82, 2.24) is 24.1 Å². The van der Waals surface area contributed by atoms with Gasteiger partial charge in [-0.3, -0.25) is 9.13 Å². The smallest absolute Gasteiger partial charge is 0.147 e. The highest BCUT2D eigenvalue weighted by atomic mass is 15.1. The minimum Gasteiger partial charge on any atom is -0.354 e. The molecule has 0 aliphatic heterocycles. The van der Waals surface area contributed by atoms with Crippen molar-refractivity contribution in [2.75, 3.05) is 0 Å². The van der Waals surface area contributed by atoms with Gasteiger partial charge >= 0.3 is 0 Å². The van der Waals surface area contributed by atoms with Crippen molar-refractivity contribution >= 4 is 54.6 Å². The van der Waals surface area contributed by atoms with Crippen LogP contribution in [0.15, 0.2) is 176 Å². The van der Waals surface area contributed by atoms with Crippen molar-refractivity contribution in [3.8, 4) is 34.0 Å². The van der Waals surface area contributed by atoms with Gasteiger partial charge in [0.25, 0.3) is 0 Å². The van der Waals surface area contributed by atoms with E-state index < -0.39 is 6.37 Å². The van der Waals surface area contributed by atoms with Gasteiger partial charge in [-0.15, -0.1) is 0 Å². The predicted molar refractivity (Wildman–Crippen MR) is 241 cm³/mol. The number of nitrogens with zero attached hydrogens (tertiary/aromatic N) is 4. The van der Waals surface area contributed by atoms with E-state index in [1.165, 1.54) is 10.9 Å². The minimum absolute atomic E-state index is 0.0807. The number of rotatable bonds is 6. The molecule has 1 N–H and O–H groups in total. The molecule has 7 aromatic carbocycles. The summed E-state index contributed by atoms with van der Waals surface area (Å²) < 4.78 is 23.0. The van der Waals surface area contributed by atoms with E-state index in [2.05, 4.69) is 156 Å². The normalized spacial score (nSPS) is 12.9. The molecule has 0 saturated carbocycles. The van der Waals surface area contributed by atoms with Crippen LogP contribution in [0.1, 0.15) is 40.2 Å². The number of hydrogen-bond donors (Lipinski definition) is 1. The Morgan fingerprint density at radius 2 is 1.33 bits per heavy atom. The zero-order chi connectivity index (χ0) is 40.8. The molecule has 4 aromatic heterocycles. The SMILES string of the molecule is [2H]C([2H])(c1ccccc1)c1ccc2c(c1)c1ccc(-c3cccc4c3nc(-c3cccc5c3[nH]c3ccccc35)n4-c3ccccc3)cc1n2-c1cc(C(C)(C)C)ccn1. The number of H-pyrrole nitrogens is 1. The number of nitrogens with one attached hydrogen (secondary N) is 1. The fourth-order valence-corrected chi connectivity index (χ4v) is 8.62. The summed E-state index contributed by atoms with van der Waals surface area (Å²) in [7, 11) is 0. The van der Waals surface area contributed by atoms with E-state index in [4.69, 9.17) is 9.97 Å². The number of pyridine rings is 1. The van der Waals surface area contributed by atoms with E-state index in [9.17, 15) is 2.74 Å². The second-order valence-electron chi connectivity index (χ2n) is 16.1. The molecule has 11 aromatic rings. The largest absolute Gasteiger partial charge is 0.354 e. The molecule has 0 spiro atoms. The van der Waals surface area contributed by atoms with Crippen molar-refractivity contribution in [2.24, 2.45) is 0 Å². The average Bonchev–Trinajstić information content (AvgIpc) is 3.96. The second-order valence-corrected chi connectivity index (χ2v) is 16.1. The molecule has 0 fully saturated rings. The number of benzene rings is 7. The van der Waals surface area contributed by atoms with Crippen LogP contribution in [-0.2, 0) is 11.8 Å². The summed E-state index contributed by atoms with van der Waals surface area (Å²) in [5.41, 5.74) is 12.5. The lowest BCUT2D eigenvalue weighted by Crippen LogP contribution is -2.12. The Morgan fingerprint density at radius 1 is 0.569 bits per heavy atom. The Kier molecular flexibility index (Phi) is 7.25. The molecule has 0 radical (unpaired) electrons.